The smallest absolute Gasteiger partial charge is 0.201 e. The standard InChI is InChI=1S/C21H28N4O2S/c26-18-11-21(27)28-19(18)10-17-5-7-23-20(24-17)9-15-4-2-8-25(13-15)14-16-3-1-6-22-12-16/h5,7,10,15-16,22H,1-4,6,8-9,11-14H2/b19-10-/t15-,16?/m1/s1. The minimum Gasteiger partial charge on any atom is -0.316 e. The summed E-state index contributed by atoms with van der Waals surface area (Å²) >= 11 is 1.03. The summed E-state index contributed by atoms with van der Waals surface area (Å²) in [5.74, 6) is 2.10. The van der Waals surface area contributed by atoms with Gasteiger partial charge in [-0.05, 0) is 81.1 Å². The van der Waals surface area contributed by atoms with Gasteiger partial charge < -0.3 is 10.2 Å². The second kappa shape index (κ2) is 9.29. The number of aromatic nitrogens is 2. The molecule has 2 atom stereocenters. The lowest BCUT2D eigenvalue weighted by Gasteiger charge is -2.36. The number of likely N-dealkylation sites (tertiary alicyclic amines) is 1. The summed E-state index contributed by atoms with van der Waals surface area (Å²) in [6.07, 6.45) is 9.46. The molecule has 3 aliphatic heterocycles. The van der Waals surface area contributed by atoms with Gasteiger partial charge in [-0.1, -0.05) is 0 Å². The van der Waals surface area contributed by atoms with Gasteiger partial charge >= 0.3 is 0 Å². The van der Waals surface area contributed by atoms with E-state index < -0.39 is 0 Å². The fraction of sp³-hybridized carbons (Fsp3) is 0.619. The van der Waals surface area contributed by atoms with E-state index in [9.17, 15) is 9.59 Å². The Kier molecular flexibility index (Phi) is 6.54. The summed E-state index contributed by atoms with van der Waals surface area (Å²) in [4.78, 5) is 35.5. The molecule has 1 aromatic heterocycles. The normalized spacial score (nSPS) is 28.2. The van der Waals surface area contributed by atoms with Crippen LogP contribution in [0.15, 0.2) is 17.2 Å². The van der Waals surface area contributed by atoms with E-state index in [2.05, 4.69) is 20.2 Å². The number of hydrogen-bond donors (Lipinski definition) is 1. The zero-order valence-corrected chi connectivity index (χ0v) is 17.0. The number of piperidine rings is 2. The Labute approximate surface area is 170 Å². The summed E-state index contributed by atoms with van der Waals surface area (Å²) in [6.45, 7) is 5.84. The number of carbonyl (C=O) groups excluding carboxylic acids is 2. The van der Waals surface area contributed by atoms with E-state index in [1.807, 2.05) is 0 Å². The van der Waals surface area contributed by atoms with E-state index in [1.165, 1.54) is 45.3 Å². The molecule has 3 aliphatic rings. The van der Waals surface area contributed by atoms with Crippen LogP contribution < -0.4 is 5.32 Å². The van der Waals surface area contributed by atoms with Crippen LogP contribution in [-0.2, 0) is 16.0 Å². The fourth-order valence-corrected chi connectivity index (χ4v) is 5.27. The van der Waals surface area contributed by atoms with Crippen molar-refractivity contribution in [2.24, 2.45) is 11.8 Å². The predicted octanol–water partition coefficient (Wildman–Crippen LogP) is 2.30. The molecule has 3 saturated heterocycles. The van der Waals surface area contributed by atoms with Crippen molar-refractivity contribution in [3.8, 4) is 0 Å². The van der Waals surface area contributed by atoms with Gasteiger partial charge in [0.25, 0.3) is 0 Å². The van der Waals surface area contributed by atoms with Gasteiger partial charge in [0.15, 0.2) is 5.78 Å². The number of rotatable bonds is 5. The zero-order chi connectivity index (χ0) is 19.3. The average molecular weight is 401 g/mol. The quantitative estimate of drug-likeness (QED) is 0.600. The molecule has 0 saturated carbocycles. The van der Waals surface area contributed by atoms with Crippen LogP contribution in [0.3, 0.4) is 0 Å². The Morgan fingerprint density at radius 2 is 2.14 bits per heavy atom. The number of nitrogens with one attached hydrogen (secondary N) is 1. The van der Waals surface area contributed by atoms with Crippen LogP contribution in [-0.4, -0.2) is 58.5 Å². The highest BCUT2D eigenvalue weighted by Crippen LogP contribution is 2.30. The van der Waals surface area contributed by atoms with Crippen molar-refractivity contribution in [2.75, 3.05) is 32.7 Å². The summed E-state index contributed by atoms with van der Waals surface area (Å²) in [6, 6.07) is 1.80. The summed E-state index contributed by atoms with van der Waals surface area (Å²) in [5, 5.41) is 3.44. The molecule has 3 fully saturated rings. The number of nitrogens with zero attached hydrogens (tertiary/aromatic N) is 3. The predicted molar refractivity (Wildman–Crippen MR) is 111 cm³/mol. The van der Waals surface area contributed by atoms with Crippen LogP contribution >= 0.6 is 11.8 Å². The van der Waals surface area contributed by atoms with E-state index in [4.69, 9.17) is 0 Å². The molecule has 0 aliphatic carbocycles. The van der Waals surface area contributed by atoms with Crippen molar-refractivity contribution in [3.63, 3.8) is 0 Å². The van der Waals surface area contributed by atoms with Crippen LogP contribution in [0.5, 0.6) is 0 Å². The van der Waals surface area contributed by atoms with Gasteiger partial charge in [-0.3, -0.25) is 9.59 Å². The highest BCUT2D eigenvalue weighted by molar-refractivity contribution is 8.18. The highest BCUT2D eigenvalue weighted by atomic mass is 32.2. The van der Waals surface area contributed by atoms with E-state index in [-0.39, 0.29) is 17.3 Å². The third-order valence-corrected chi connectivity index (χ3v) is 6.74. The van der Waals surface area contributed by atoms with Gasteiger partial charge in [0.1, 0.15) is 5.82 Å². The molecular formula is C21H28N4O2S. The minimum absolute atomic E-state index is 0.00284. The van der Waals surface area contributed by atoms with Gasteiger partial charge in [-0.15, -0.1) is 0 Å². The third kappa shape index (κ3) is 5.27. The maximum atomic E-state index is 11.8. The van der Waals surface area contributed by atoms with Crippen LogP contribution in [0, 0.1) is 11.8 Å². The van der Waals surface area contributed by atoms with E-state index in [0.717, 1.165) is 48.7 Å². The molecule has 0 amide bonds. The largest absolute Gasteiger partial charge is 0.316 e. The van der Waals surface area contributed by atoms with Crippen molar-refractivity contribution >= 4 is 28.7 Å². The molecule has 0 radical (unpaired) electrons. The average Bonchev–Trinajstić information content (AvgIpc) is 3.00. The lowest BCUT2D eigenvalue weighted by Crippen LogP contribution is -2.43. The molecule has 0 bridgehead atoms. The second-order valence-electron chi connectivity index (χ2n) is 8.16. The minimum atomic E-state index is -0.102. The number of allylic oxidation sites excluding steroid dienone is 1. The Balaban J connectivity index is 1.35. The van der Waals surface area contributed by atoms with Gasteiger partial charge in [0.2, 0.25) is 5.12 Å². The van der Waals surface area contributed by atoms with E-state index in [1.54, 1.807) is 18.3 Å². The Hall–Kier alpha value is -1.57. The Morgan fingerprint density at radius 3 is 2.93 bits per heavy atom. The van der Waals surface area contributed by atoms with Crippen LogP contribution in [0.2, 0.25) is 0 Å². The fourth-order valence-electron chi connectivity index (χ4n) is 4.46. The maximum Gasteiger partial charge on any atom is 0.201 e. The molecule has 0 aromatic carbocycles. The van der Waals surface area contributed by atoms with Crippen molar-refractivity contribution in [1.82, 2.24) is 20.2 Å². The number of thioether (sulfide) groups is 1. The highest BCUT2D eigenvalue weighted by Gasteiger charge is 2.26. The number of carbonyl (C=O) groups is 2. The maximum absolute atomic E-state index is 11.8. The lowest BCUT2D eigenvalue weighted by atomic mass is 9.92. The Morgan fingerprint density at radius 1 is 1.25 bits per heavy atom. The van der Waals surface area contributed by atoms with E-state index in [0.29, 0.717) is 10.8 Å². The van der Waals surface area contributed by atoms with E-state index >= 15 is 0 Å². The van der Waals surface area contributed by atoms with Crippen molar-refractivity contribution in [1.29, 1.82) is 0 Å². The molecule has 6 nitrogen and oxygen atoms in total. The Bertz CT molecular complexity index is 761. The van der Waals surface area contributed by atoms with Gasteiger partial charge in [0, 0.05) is 25.7 Å². The van der Waals surface area contributed by atoms with Crippen LogP contribution in [0.1, 0.15) is 43.6 Å². The van der Waals surface area contributed by atoms with Gasteiger partial charge in [0.05, 0.1) is 17.0 Å². The summed E-state index contributed by atoms with van der Waals surface area (Å²) < 4.78 is 0. The molecule has 150 valence electrons. The van der Waals surface area contributed by atoms with Crippen LogP contribution in [0.25, 0.3) is 6.08 Å². The number of hydrogen-bond acceptors (Lipinski definition) is 7. The summed E-state index contributed by atoms with van der Waals surface area (Å²) in [7, 11) is 0. The van der Waals surface area contributed by atoms with Gasteiger partial charge in [-0.25, -0.2) is 9.97 Å². The first-order valence-corrected chi connectivity index (χ1v) is 11.2. The third-order valence-electron chi connectivity index (χ3n) is 5.80. The van der Waals surface area contributed by atoms with Crippen molar-refractivity contribution < 1.29 is 9.59 Å². The van der Waals surface area contributed by atoms with Crippen LogP contribution in [0.4, 0.5) is 0 Å². The number of Topliss-reactive ketones (excluding diaryl/α,β-unsaturated/α-hetero) is 1. The molecule has 1 N–H and O–H groups in total. The molecule has 4 rings (SSSR count). The van der Waals surface area contributed by atoms with Crippen molar-refractivity contribution in [2.45, 2.75) is 38.5 Å². The molecule has 7 heteroatoms. The molecule has 1 unspecified atom stereocenters. The molecule has 28 heavy (non-hydrogen) atoms. The lowest BCUT2D eigenvalue weighted by molar-refractivity contribution is -0.119. The topological polar surface area (TPSA) is 75.2 Å². The second-order valence-corrected chi connectivity index (χ2v) is 9.26. The molecule has 0 spiro atoms. The molecule has 4 heterocycles. The zero-order valence-electron chi connectivity index (χ0n) is 16.2. The number of ketones is 1. The first kappa shape index (κ1) is 19.7. The first-order chi connectivity index (χ1) is 13.7. The molecule has 1 aromatic rings. The summed E-state index contributed by atoms with van der Waals surface area (Å²) in [5.41, 5.74) is 0.719. The SMILES string of the molecule is O=C1CC(=O)/C(=C/c2ccnc(C[C@H]3CCCN(CC4CCCNC4)C3)n2)S1. The van der Waals surface area contributed by atoms with Crippen molar-refractivity contribution in [3.05, 3.63) is 28.7 Å². The van der Waals surface area contributed by atoms with Gasteiger partial charge in [-0.2, -0.15) is 0 Å². The molecular weight excluding hydrogens is 372 g/mol. The monoisotopic (exact) mass is 400 g/mol. The first-order valence-electron chi connectivity index (χ1n) is 10.4.